The number of benzene rings is 1. The predicted molar refractivity (Wildman–Crippen MR) is 81.8 cm³/mol. The first kappa shape index (κ1) is 13.4. The van der Waals surface area contributed by atoms with Gasteiger partial charge in [-0.05, 0) is 50.7 Å². The molecule has 0 radical (unpaired) electrons. The second-order valence-corrected chi connectivity index (χ2v) is 6.22. The number of rotatable bonds is 4. The summed E-state index contributed by atoms with van der Waals surface area (Å²) in [5, 5.41) is 3.04. The molecule has 0 bridgehead atoms. The van der Waals surface area contributed by atoms with Crippen LogP contribution in [0.4, 0.5) is 11.4 Å². The summed E-state index contributed by atoms with van der Waals surface area (Å²) in [6.45, 7) is 3.98. The molecule has 1 aromatic rings. The first-order valence-corrected chi connectivity index (χ1v) is 7.53. The third-order valence-electron chi connectivity index (χ3n) is 4.51. The number of nitrogens with zero attached hydrogens (tertiary/aromatic N) is 1. The van der Waals surface area contributed by atoms with Crippen molar-refractivity contribution in [3.63, 3.8) is 0 Å². The number of amides is 1. The molecule has 2 fully saturated rings. The lowest BCUT2D eigenvalue weighted by atomic mass is 9.96. The van der Waals surface area contributed by atoms with Crippen LogP contribution in [-0.2, 0) is 4.79 Å². The molecule has 1 saturated heterocycles. The maximum Gasteiger partial charge on any atom is 0.244 e. The molecule has 4 heteroatoms. The van der Waals surface area contributed by atoms with Gasteiger partial charge in [-0.1, -0.05) is 12.1 Å². The highest BCUT2D eigenvalue weighted by Gasteiger charge is 2.44. The number of hydrogen-bond acceptors (Lipinski definition) is 3. The molecule has 108 valence electrons. The van der Waals surface area contributed by atoms with Gasteiger partial charge in [-0.25, -0.2) is 0 Å². The molecule has 3 rings (SSSR count). The molecule has 20 heavy (non-hydrogen) atoms. The summed E-state index contributed by atoms with van der Waals surface area (Å²) in [6, 6.07) is 8.02. The van der Waals surface area contributed by atoms with E-state index in [0.717, 1.165) is 37.3 Å². The van der Waals surface area contributed by atoms with Crippen LogP contribution in [0, 0.1) is 5.92 Å². The normalized spacial score (nSPS) is 21.6. The van der Waals surface area contributed by atoms with E-state index in [-0.39, 0.29) is 5.91 Å². The third-order valence-corrected chi connectivity index (χ3v) is 4.51. The molecule has 3 N–H and O–H groups in total. The Kier molecular flexibility index (Phi) is 3.42. The Bertz CT molecular complexity index is 502. The second-order valence-electron chi connectivity index (χ2n) is 6.22. The lowest BCUT2D eigenvalue weighted by Gasteiger charge is -2.26. The van der Waals surface area contributed by atoms with E-state index in [1.807, 2.05) is 25.1 Å². The van der Waals surface area contributed by atoms with E-state index in [4.69, 9.17) is 5.73 Å². The zero-order valence-electron chi connectivity index (χ0n) is 12.1. The van der Waals surface area contributed by atoms with Crippen LogP contribution in [0.15, 0.2) is 24.3 Å². The van der Waals surface area contributed by atoms with Gasteiger partial charge in [0.25, 0.3) is 0 Å². The van der Waals surface area contributed by atoms with E-state index < -0.39 is 5.54 Å². The molecule has 1 atom stereocenters. The van der Waals surface area contributed by atoms with Gasteiger partial charge in [0.15, 0.2) is 0 Å². The minimum Gasteiger partial charge on any atom is -0.370 e. The van der Waals surface area contributed by atoms with Gasteiger partial charge in [0, 0.05) is 13.1 Å². The molecule has 0 spiro atoms. The fraction of sp³-hybridized carbons (Fsp3) is 0.562. The van der Waals surface area contributed by atoms with Crippen molar-refractivity contribution in [2.24, 2.45) is 11.7 Å². The average molecular weight is 273 g/mol. The monoisotopic (exact) mass is 273 g/mol. The molecule has 1 unspecified atom stereocenters. The zero-order chi connectivity index (χ0) is 14.2. The van der Waals surface area contributed by atoms with Crippen molar-refractivity contribution in [3.05, 3.63) is 24.3 Å². The summed E-state index contributed by atoms with van der Waals surface area (Å²) in [4.78, 5) is 14.8. The van der Waals surface area contributed by atoms with E-state index >= 15 is 0 Å². The number of para-hydroxylation sites is 2. The summed E-state index contributed by atoms with van der Waals surface area (Å²) < 4.78 is 0. The molecule has 1 amide bonds. The van der Waals surface area contributed by atoms with Crippen LogP contribution in [0.1, 0.15) is 32.6 Å². The molecular formula is C16H23N3O. The zero-order valence-corrected chi connectivity index (χ0v) is 12.1. The second kappa shape index (κ2) is 5.09. The highest BCUT2D eigenvalue weighted by Crippen LogP contribution is 2.39. The van der Waals surface area contributed by atoms with Crippen LogP contribution in [0.3, 0.4) is 0 Å². The van der Waals surface area contributed by atoms with E-state index in [0.29, 0.717) is 5.92 Å². The van der Waals surface area contributed by atoms with Gasteiger partial charge in [0.2, 0.25) is 5.91 Å². The lowest BCUT2D eigenvalue weighted by Crippen LogP contribution is -2.50. The summed E-state index contributed by atoms with van der Waals surface area (Å²) in [5.74, 6) is 0.271. The third kappa shape index (κ3) is 2.52. The maximum absolute atomic E-state index is 12.4. The van der Waals surface area contributed by atoms with Crippen molar-refractivity contribution in [1.29, 1.82) is 0 Å². The average Bonchev–Trinajstić information content (AvgIpc) is 3.17. The van der Waals surface area contributed by atoms with Gasteiger partial charge in [-0.3, -0.25) is 4.79 Å². The molecule has 1 aliphatic heterocycles. The predicted octanol–water partition coefficient (Wildman–Crippen LogP) is 2.35. The van der Waals surface area contributed by atoms with Gasteiger partial charge in [-0.15, -0.1) is 0 Å². The van der Waals surface area contributed by atoms with E-state index in [1.54, 1.807) is 0 Å². The van der Waals surface area contributed by atoms with Crippen molar-refractivity contribution >= 4 is 17.3 Å². The molecule has 0 aromatic heterocycles. The number of hydrogen-bond donors (Lipinski definition) is 2. The van der Waals surface area contributed by atoms with Crippen molar-refractivity contribution < 1.29 is 4.79 Å². The topological polar surface area (TPSA) is 58.4 Å². The Morgan fingerprint density at radius 1 is 1.30 bits per heavy atom. The van der Waals surface area contributed by atoms with Gasteiger partial charge in [0.1, 0.15) is 0 Å². The van der Waals surface area contributed by atoms with Crippen LogP contribution >= 0.6 is 0 Å². The largest absolute Gasteiger partial charge is 0.370 e. The number of anilines is 2. The molecule has 1 aromatic carbocycles. The first-order valence-electron chi connectivity index (χ1n) is 7.53. The number of nitrogens with two attached hydrogens (primary N) is 1. The Morgan fingerprint density at radius 2 is 1.95 bits per heavy atom. The molecular weight excluding hydrogens is 250 g/mol. The quantitative estimate of drug-likeness (QED) is 0.885. The van der Waals surface area contributed by atoms with Gasteiger partial charge in [-0.2, -0.15) is 0 Å². The molecule has 1 aliphatic carbocycles. The highest BCUT2D eigenvalue weighted by molar-refractivity contribution is 6.00. The van der Waals surface area contributed by atoms with Crippen LogP contribution in [0.5, 0.6) is 0 Å². The van der Waals surface area contributed by atoms with Crippen LogP contribution in [0.25, 0.3) is 0 Å². The Balaban J connectivity index is 1.78. The van der Waals surface area contributed by atoms with Crippen molar-refractivity contribution in [2.75, 3.05) is 23.3 Å². The number of carbonyl (C=O) groups is 1. The summed E-state index contributed by atoms with van der Waals surface area (Å²) in [6.07, 6.45) is 4.57. The SMILES string of the molecule is CC(N)(C(=O)Nc1ccccc1N1CCCC1)C1CC1. The van der Waals surface area contributed by atoms with Gasteiger partial charge in [0.05, 0.1) is 16.9 Å². The molecule has 4 nitrogen and oxygen atoms in total. The smallest absolute Gasteiger partial charge is 0.244 e. The summed E-state index contributed by atoms with van der Waals surface area (Å²) >= 11 is 0. The minimum absolute atomic E-state index is 0.0633. The molecule has 2 aliphatic rings. The van der Waals surface area contributed by atoms with E-state index in [1.165, 1.54) is 12.8 Å². The van der Waals surface area contributed by atoms with Gasteiger partial charge >= 0.3 is 0 Å². The molecule has 1 heterocycles. The van der Waals surface area contributed by atoms with Crippen molar-refractivity contribution in [3.8, 4) is 0 Å². The maximum atomic E-state index is 12.4. The minimum atomic E-state index is -0.752. The van der Waals surface area contributed by atoms with E-state index in [2.05, 4.69) is 16.3 Å². The highest BCUT2D eigenvalue weighted by atomic mass is 16.2. The van der Waals surface area contributed by atoms with Crippen LogP contribution in [0.2, 0.25) is 0 Å². The van der Waals surface area contributed by atoms with Crippen molar-refractivity contribution in [2.45, 2.75) is 38.1 Å². The fourth-order valence-corrected chi connectivity index (χ4v) is 2.94. The van der Waals surface area contributed by atoms with Crippen LogP contribution in [-0.4, -0.2) is 24.5 Å². The Hall–Kier alpha value is -1.55. The Labute approximate surface area is 120 Å². The fourth-order valence-electron chi connectivity index (χ4n) is 2.94. The van der Waals surface area contributed by atoms with Gasteiger partial charge < -0.3 is 16.0 Å². The standard InChI is InChI=1S/C16H23N3O/c1-16(17,12-8-9-12)15(20)18-13-6-2-3-7-14(13)19-10-4-5-11-19/h2-3,6-7,12H,4-5,8-11,17H2,1H3,(H,18,20). The Morgan fingerprint density at radius 3 is 2.60 bits per heavy atom. The summed E-state index contributed by atoms with van der Waals surface area (Å²) in [7, 11) is 0. The van der Waals surface area contributed by atoms with Crippen molar-refractivity contribution in [1.82, 2.24) is 0 Å². The summed E-state index contributed by atoms with van der Waals surface area (Å²) in [5.41, 5.74) is 7.44. The number of carbonyl (C=O) groups excluding carboxylic acids is 1. The lowest BCUT2D eigenvalue weighted by molar-refractivity contribution is -0.121. The first-order chi connectivity index (χ1) is 9.59. The van der Waals surface area contributed by atoms with E-state index in [9.17, 15) is 4.79 Å². The van der Waals surface area contributed by atoms with Crippen LogP contribution < -0.4 is 16.0 Å². The number of nitrogens with one attached hydrogen (secondary N) is 1. The molecule has 1 saturated carbocycles.